The number of hydrogen-bond donors (Lipinski definition) is 2. The number of anilines is 1. The highest BCUT2D eigenvalue weighted by Crippen LogP contribution is 2.20. The second-order valence-corrected chi connectivity index (χ2v) is 6.84. The summed E-state index contributed by atoms with van der Waals surface area (Å²) in [6.07, 6.45) is 0. The largest absolute Gasteiger partial charge is 0.332 e. The van der Waals surface area contributed by atoms with Crippen LogP contribution in [0.3, 0.4) is 0 Å². The number of carbonyl (C=O) groups is 1. The van der Waals surface area contributed by atoms with Crippen LogP contribution in [0.15, 0.2) is 36.4 Å². The number of carbonyl (C=O) groups excluding carboxylic acids is 1. The molecule has 0 unspecified atom stereocenters. The number of halogens is 2. The van der Waals surface area contributed by atoms with Gasteiger partial charge >= 0.3 is 0 Å². The fourth-order valence-corrected chi connectivity index (χ4v) is 2.68. The lowest BCUT2D eigenvalue weighted by molar-refractivity contribution is 0.0977. The number of benzene rings is 2. The van der Waals surface area contributed by atoms with Crippen molar-refractivity contribution in [1.82, 2.24) is 5.32 Å². The van der Waals surface area contributed by atoms with Gasteiger partial charge in [-0.1, -0.05) is 23.7 Å². The molecule has 2 aromatic rings. The third-order valence-corrected chi connectivity index (χ3v) is 4.71. The summed E-state index contributed by atoms with van der Waals surface area (Å²) < 4.78 is 1.04. The zero-order valence-electron chi connectivity index (χ0n) is 12.0. The van der Waals surface area contributed by atoms with Crippen LogP contribution in [0.4, 0.5) is 5.69 Å². The average molecular weight is 445 g/mol. The van der Waals surface area contributed by atoms with Crippen molar-refractivity contribution in [2.75, 3.05) is 5.32 Å². The number of hydrogen-bond acceptors (Lipinski definition) is 2. The average Bonchev–Trinajstić information content (AvgIpc) is 2.45. The smallest absolute Gasteiger partial charge is 0.257 e. The van der Waals surface area contributed by atoms with E-state index in [1.54, 1.807) is 18.2 Å². The molecule has 0 bridgehead atoms. The Morgan fingerprint density at radius 3 is 2.50 bits per heavy atom. The Bertz CT molecular complexity index is 749. The first-order chi connectivity index (χ1) is 10.4. The maximum Gasteiger partial charge on any atom is 0.257 e. The van der Waals surface area contributed by atoms with Gasteiger partial charge in [-0.3, -0.25) is 10.1 Å². The van der Waals surface area contributed by atoms with Crippen molar-refractivity contribution in [3.05, 3.63) is 61.7 Å². The molecule has 0 aliphatic heterocycles. The minimum atomic E-state index is -0.241. The predicted molar refractivity (Wildman–Crippen MR) is 104 cm³/mol. The highest BCUT2D eigenvalue weighted by Gasteiger charge is 2.10. The molecule has 2 aromatic carbocycles. The van der Waals surface area contributed by atoms with E-state index in [1.807, 2.05) is 32.0 Å². The van der Waals surface area contributed by atoms with E-state index < -0.39 is 0 Å². The van der Waals surface area contributed by atoms with Crippen LogP contribution in [0.1, 0.15) is 21.5 Å². The maximum atomic E-state index is 12.2. The summed E-state index contributed by atoms with van der Waals surface area (Å²) in [5.41, 5.74) is 3.47. The molecule has 22 heavy (non-hydrogen) atoms. The summed E-state index contributed by atoms with van der Waals surface area (Å²) in [6.45, 7) is 3.93. The van der Waals surface area contributed by atoms with Gasteiger partial charge in [-0.25, -0.2) is 0 Å². The summed E-state index contributed by atoms with van der Waals surface area (Å²) in [5, 5.41) is 6.51. The summed E-state index contributed by atoms with van der Waals surface area (Å²) in [5.74, 6) is -0.241. The molecule has 114 valence electrons. The van der Waals surface area contributed by atoms with Crippen molar-refractivity contribution >= 4 is 63.1 Å². The molecule has 0 spiro atoms. The van der Waals surface area contributed by atoms with Gasteiger partial charge < -0.3 is 5.32 Å². The topological polar surface area (TPSA) is 41.1 Å². The molecular formula is C16H14ClIN2OS. The summed E-state index contributed by atoms with van der Waals surface area (Å²) in [6, 6.07) is 11.0. The Morgan fingerprint density at radius 1 is 1.14 bits per heavy atom. The van der Waals surface area contributed by atoms with Gasteiger partial charge in [0.05, 0.1) is 0 Å². The first-order valence-electron chi connectivity index (χ1n) is 6.51. The minimum absolute atomic E-state index is 0.241. The van der Waals surface area contributed by atoms with Crippen LogP contribution < -0.4 is 10.6 Å². The Balaban J connectivity index is 2.06. The molecule has 0 aromatic heterocycles. The maximum absolute atomic E-state index is 12.2. The van der Waals surface area contributed by atoms with E-state index in [0.717, 1.165) is 20.4 Å². The first-order valence-corrected chi connectivity index (χ1v) is 8.38. The van der Waals surface area contributed by atoms with Gasteiger partial charge in [0.2, 0.25) is 0 Å². The standard InChI is InChI=1S/C16H14ClIN2OS/c1-9-3-5-11(7-13(9)18)15(21)20-16(22)19-14-8-12(17)6-4-10(14)2/h3-8H,1-2H3,(H2,19,20,21,22). The number of nitrogens with one attached hydrogen (secondary N) is 2. The predicted octanol–water partition coefficient (Wildman–Crippen LogP) is 4.69. The molecule has 0 saturated carbocycles. The Hall–Kier alpha value is -1.18. The van der Waals surface area contributed by atoms with E-state index in [9.17, 15) is 4.79 Å². The van der Waals surface area contributed by atoms with Crippen LogP contribution in [0.5, 0.6) is 0 Å². The van der Waals surface area contributed by atoms with Crippen LogP contribution in [-0.2, 0) is 0 Å². The van der Waals surface area contributed by atoms with E-state index in [-0.39, 0.29) is 11.0 Å². The molecule has 0 heterocycles. The van der Waals surface area contributed by atoms with Crippen LogP contribution in [-0.4, -0.2) is 11.0 Å². The second kappa shape index (κ2) is 7.39. The van der Waals surface area contributed by atoms with Gasteiger partial charge in [-0.05, 0) is 84.0 Å². The number of rotatable bonds is 2. The first kappa shape index (κ1) is 17.2. The molecule has 0 aliphatic rings. The monoisotopic (exact) mass is 444 g/mol. The van der Waals surface area contributed by atoms with Gasteiger partial charge in [0.25, 0.3) is 5.91 Å². The molecule has 0 aliphatic carbocycles. The van der Waals surface area contributed by atoms with E-state index in [0.29, 0.717) is 10.6 Å². The lowest BCUT2D eigenvalue weighted by Gasteiger charge is -2.12. The van der Waals surface area contributed by atoms with Gasteiger partial charge in [0.15, 0.2) is 5.11 Å². The van der Waals surface area contributed by atoms with Gasteiger partial charge in [-0.2, -0.15) is 0 Å². The van der Waals surface area contributed by atoms with E-state index >= 15 is 0 Å². The molecule has 1 amide bonds. The molecule has 2 rings (SSSR count). The number of amides is 1. The second-order valence-electron chi connectivity index (χ2n) is 4.83. The lowest BCUT2D eigenvalue weighted by Crippen LogP contribution is -2.34. The third kappa shape index (κ3) is 4.41. The molecule has 0 radical (unpaired) electrons. The zero-order chi connectivity index (χ0) is 16.3. The fraction of sp³-hybridized carbons (Fsp3) is 0.125. The van der Waals surface area contributed by atoms with Gasteiger partial charge in [-0.15, -0.1) is 0 Å². The summed E-state index contributed by atoms with van der Waals surface area (Å²) in [4.78, 5) is 12.2. The van der Waals surface area contributed by atoms with Crippen molar-refractivity contribution in [2.24, 2.45) is 0 Å². The van der Waals surface area contributed by atoms with Crippen molar-refractivity contribution in [3.8, 4) is 0 Å². The van der Waals surface area contributed by atoms with Crippen molar-refractivity contribution < 1.29 is 4.79 Å². The molecule has 2 N–H and O–H groups in total. The molecule has 6 heteroatoms. The normalized spacial score (nSPS) is 10.2. The van der Waals surface area contributed by atoms with Crippen molar-refractivity contribution in [1.29, 1.82) is 0 Å². The number of aryl methyl sites for hydroxylation is 2. The molecule has 0 saturated heterocycles. The van der Waals surface area contributed by atoms with Crippen LogP contribution in [0, 0.1) is 17.4 Å². The van der Waals surface area contributed by atoms with Crippen LogP contribution >= 0.6 is 46.4 Å². The van der Waals surface area contributed by atoms with E-state index in [4.69, 9.17) is 23.8 Å². The molecule has 3 nitrogen and oxygen atoms in total. The van der Waals surface area contributed by atoms with Crippen LogP contribution in [0.2, 0.25) is 5.02 Å². The van der Waals surface area contributed by atoms with E-state index in [1.165, 1.54) is 0 Å². The van der Waals surface area contributed by atoms with Gasteiger partial charge in [0, 0.05) is 19.8 Å². The SMILES string of the molecule is Cc1ccc(C(=O)NC(=S)Nc2cc(Cl)ccc2C)cc1I. The quantitative estimate of drug-likeness (QED) is 0.522. The fourth-order valence-electron chi connectivity index (χ4n) is 1.79. The Labute approximate surface area is 153 Å². The van der Waals surface area contributed by atoms with Crippen molar-refractivity contribution in [2.45, 2.75) is 13.8 Å². The van der Waals surface area contributed by atoms with Crippen molar-refractivity contribution in [3.63, 3.8) is 0 Å². The Kier molecular flexibility index (Phi) is 5.77. The molecule has 0 fully saturated rings. The highest BCUT2D eigenvalue weighted by atomic mass is 127. The number of thiocarbonyl (C=S) groups is 1. The lowest BCUT2D eigenvalue weighted by atomic mass is 10.1. The van der Waals surface area contributed by atoms with Crippen LogP contribution in [0.25, 0.3) is 0 Å². The Morgan fingerprint density at radius 2 is 1.82 bits per heavy atom. The molecule has 0 atom stereocenters. The van der Waals surface area contributed by atoms with Gasteiger partial charge in [0.1, 0.15) is 0 Å². The summed E-state index contributed by atoms with van der Waals surface area (Å²) >= 11 is 13.3. The summed E-state index contributed by atoms with van der Waals surface area (Å²) in [7, 11) is 0. The third-order valence-electron chi connectivity index (χ3n) is 3.11. The highest BCUT2D eigenvalue weighted by molar-refractivity contribution is 14.1. The molecular weight excluding hydrogens is 431 g/mol. The van der Waals surface area contributed by atoms with E-state index in [2.05, 4.69) is 33.2 Å². The zero-order valence-corrected chi connectivity index (χ0v) is 15.8. The minimum Gasteiger partial charge on any atom is -0.332 e.